The average Bonchev–Trinajstić information content (AvgIpc) is 1.78. The highest BCUT2D eigenvalue weighted by atomic mass is 28.3. The van der Waals surface area contributed by atoms with E-state index in [-0.39, 0.29) is 0 Å². The quantitative estimate of drug-likeness (QED) is 0.640. The standard InChI is InChI=1S/C12H27OSi/c1-10(2)9-13-14(11(3,4)5)12(6,7)8/h10H,9H2,1-8H3. The summed E-state index contributed by atoms with van der Waals surface area (Å²) in [5.74, 6) is 0.639. The van der Waals surface area contributed by atoms with Gasteiger partial charge in [0, 0.05) is 6.61 Å². The molecule has 1 radical (unpaired) electrons. The zero-order valence-electron chi connectivity index (χ0n) is 11.2. The van der Waals surface area contributed by atoms with Gasteiger partial charge in [0.2, 0.25) is 9.04 Å². The maximum atomic E-state index is 6.13. The largest absolute Gasteiger partial charge is 0.415 e. The summed E-state index contributed by atoms with van der Waals surface area (Å²) in [4.78, 5) is 0. The Morgan fingerprint density at radius 2 is 1.29 bits per heavy atom. The van der Waals surface area contributed by atoms with E-state index in [4.69, 9.17) is 4.43 Å². The van der Waals surface area contributed by atoms with E-state index in [1.807, 2.05) is 0 Å². The van der Waals surface area contributed by atoms with Crippen LogP contribution in [0.2, 0.25) is 10.1 Å². The van der Waals surface area contributed by atoms with E-state index in [0.717, 1.165) is 6.61 Å². The molecule has 0 aliphatic carbocycles. The van der Waals surface area contributed by atoms with Crippen molar-refractivity contribution in [1.29, 1.82) is 0 Å². The molecular formula is C12H27OSi. The van der Waals surface area contributed by atoms with Gasteiger partial charge in [-0.3, -0.25) is 0 Å². The maximum Gasteiger partial charge on any atom is 0.222 e. The zero-order chi connectivity index (χ0) is 11.6. The van der Waals surface area contributed by atoms with E-state index in [2.05, 4.69) is 55.4 Å². The van der Waals surface area contributed by atoms with Crippen molar-refractivity contribution in [1.82, 2.24) is 0 Å². The first kappa shape index (κ1) is 14.2. The van der Waals surface area contributed by atoms with Gasteiger partial charge in [-0.25, -0.2) is 0 Å². The van der Waals surface area contributed by atoms with Gasteiger partial charge in [-0.1, -0.05) is 55.4 Å². The van der Waals surface area contributed by atoms with Crippen LogP contribution in [0.1, 0.15) is 55.4 Å². The van der Waals surface area contributed by atoms with E-state index < -0.39 is 9.04 Å². The molecule has 0 amide bonds. The molecule has 0 aromatic rings. The van der Waals surface area contributed by atoms with Crippen molar-refractivity contribution in [3.05, 3.63) is 0 Å². The van der Waals surface area contributed by atoms with Gasteiger partial charge in [0.1, 0.15) is 0 Å². The highest BCUT2D eigenvalue weighted by Crippen LogP contribution is 2.42. The summed E-state index contributed by atoms with van der Waals surface area (Å²) in [6, 6.07) is 0. The Balaban J connectivity index is 4.44. The molecule has 1 nitrogen and oxygen atoms in total. The normalized spacial score (nSPS) is 14.1. The third kappa shape index (κ3) is 5.16. The lowest BCUT2D eigenvalue weighted by atomic mass is 10.2. The lowest BCUT2D eigenvalue weighted by Crippen LogP contribution is -2.39. The highest BCUT2D eigenvalue weighted by molar-refractivity contribution is 6.58. The van der Waals surface area contributed by atoms with Crippen molar-refractivity contribution < 1.29 is 4.43 Å². The van der Waals surface area contributed by atoms with Crippen molar-refractivity contribution in [3.8, 4) is 0 Å². The Bertz CT molecular complexity index is 148. The fourth-order valence-corrected chi connectivity index (χ4v) is 5.42. The van der Waals surface area contributed by atoms with Gasteiger partial charge in [-0.2, -0.15) is 0 Å². The van der Waals surface area contributed by atoms with Crippen molar-refractivity contribution in [2.45, 2.75) is 65.5 Å². The first-order chi connectivity index (χ1) is 6.05. The van der Waals surface area contributed by atoms with Crippen molar-refractivity contribution in [3.63, 3.8) is 0 Å². The van der Waals surface area contributed by atoms with Crippen molar-refractivity contribution >= 4 is 9.04 Å². The Labute approximate surface area is 92.0 Å². The number of rotatable bonds is 3. The summed E-state index contributed by atoms with van der Waals surface area (Å²) in [6.45, 7) is 19.1. The van der Waals surface area contributed by atoms with Gasteiger partial charge < -0.3 is 4.43 Å². The fraction of sp³-hybridized carbons (Fsp3) is 1.00. The van der Waals surface area contributed by atoms with E-state index in [1.165, 1.54) is 0 Å². The maximum absolute atomic E-state index is 6.13. The van der Waals surface area contributed by atoms with Crippen LogP contribution in [0.25, 0.3) is 0 Å². The first-order valence-corrected chi connectivity index (χ1v) is 6.96. The minimum Gasteiger partial charge on any atom is -0.415 e. The smallest absolute Gasteiger partial charge is 0.222 e. The molecule has 0 fully saturated rings. The molecule has 0 heterocycles. The molecule has 0 spiro atoms. The van der Waals surface area contributed by atoms with Crippen LogP contribution in [-0.2, 0) is 4.43 Å². The molecule has 14 heavy (non-hydrogen) atoms. The number of hydrogen-bond donors (Lipinski definition) is 0. The SMILES string of the molecule is CC(C)CO[Si](C(C)(C)C)C(C)(C)C. The predicted octanol–water partition coefficient (Wildman–Crippen LogP) is 4.25. The molecule has 0 unspecified atom stereocenters. The molecule has 0 aromatic carbocycles. The Kier molecular flexibility index (Phi) is 4.86. The van der Waals surface area contributed by atoms with Gasteiger partial charge in [0.05, 0.1) is 0 Å². The lowest BCUT2D eigenvalue weighted by molar-refractivity contribution is 0.244. The molecule has 2 heteroatoms. The summed E-state index contributed by atoms with van der Waals surface area (Å²) in [6.07, 6.45) is 0. The van der Waals surface area contributed by atoms with E-state index in [9.17, 15) is 0 Å². The van der Waals surface area contributed by atoms with Crippen LogP contribution in [0.5, 0.6) is 0 Å². The van der Waals surface area contributed by atoms with Crippen LogP contribution < -0.4 is 0 Å². The van der Waals surface area contributed by atoms with Crippen LogP contribution in [-0.4, -0.2) is 15.6 Å². The van der Waals surface area contributed by atoms with Crippen molar-refractivity contribution in [2.24, 2.45) is 5.92 Å². The van der Waals surface area contributed by atoms with Gasteiger partial charge in [0.15, 0.2) is 0 Å². The molecule has 0 aliphatic rings. The Morgan fingerprint density at radius 1 is 0.929 bits per heavy atom. The Hall–Kier alpha value is 0.177. The minimum absolute atomic E-state index is 0.317. The fourth-order valence-electron chi connectivity index (χ4n) is 1.81. The Morgan fingerprint density at radius 3 is 1.50 bits per heavy atom. The minimum atomic E-state index is -0.771. The van der Waals surface area contributed by atoms with Gasteiger partial charge >= 0.3 is 0 Å². The first-order valence-electron chi connectivity index (χ1n) is 5.56. The van der Waals surface area contributed by atoms with Gasteiger partial charge in [0.25, 0.3) is 0 Å². The van der Waals surface area contributed by atoms with Crippen LogP contribution in [0.15, 0.2) is 0 Å². The van der Waals surface area contributed by atoms with Crippen LogP contribution in [0.3, 0.4) is 0 Å². The summed E-state index contributed by atoms with van der Waals surface area (Å²) < 4.78 is 6.13. The third-order valence-corrected chi connectivity index (χ3v) is 5.10. The zero-order valence-corrected chi connectivity index (χ0v) is 12.2. The molecule has 0 aliphatic heterocycles. The van der Waals surface area contributed by atoms with Crippen LogP contribution in [0.4, 0.5) is 0 Å². The molecule has 0 rings (SSSR count). The highest BCUT2D eigenvalue weighted by Gasteiger charge is 2.39. The van der Waals surface area contributed by atoms with Gasteiger partial charge in [-0.05, 0) is 16.0 Å². The molecule has 0 N–H and O–H groups in total. The number of hydrogen-bond acceptors (Lipinski definition) is 1. The second kappa shape index (κ2) is 4.80. The summed E-state index contributed by atoms with van der Waals surface area (Å²) >= 11 is 0. The summed E-state index contributed by atoms with van der Waals surface area (Å²) in [7, 11) is -0.771. The van der Waals surface area contributed by atoms with E-state index in [1.54, 1.807) is 0 Å². The van der Waals surface area contributed by atoms with Crippen LogP contribution in [0, 0.1) is 5.92 Å². The predicted molar refractivity (Wildman–Crippen MR) is 66.0 cm³/mol. The molecule has 0 atom stereocenters. The molecule has 0 bridgehead atoms. The van der Waals surface area contributed by atoms with E-state index in [0.29, 0.717) is 16.0 Å². The lowest BCUT2D eigenvalue weighted by Gasteiger charge is -2.38. The molecule has 0 saturated carbocycles. The second-order valence-corrected chi connectivity index (χ2v) is 10.5. The average molecular weight is 215 g/mol. The topological polar surface area (TPSA) is 9.23 Å². The van der Waals surface area contributed by atoms with E-state index >= 15 is 0 Å². The second-order valence-electron chi connectivity index (χ2n) is 6.53. The van der Waals surface area contributed by atoms with Crippen LogP contribution >= 0.6 is 0 Å². The van der Waals surface area contributed by atoms with Gasteiger partial charge in [-0.15, -0.1) is 0 Å². The molecule has 0 saturated heterocycles. The molecule has 85 valence electrons. The third-order valence-electron chi connectivity index (χ3n) is 1.92. The summed E-state index contributed by atoms with van der Waals surface area (Å²) in [5, 5.41) is 0.635. The monoisotopic (exact) mass is 215 g/mol. The van der Waals surface area contributed by atoms with Crippen molar-refractivity contribution in [2.75, 3.05) is 6.61 Å². The molecule has 0 aromatic heterocycles. The molecular weight excluding hydrogens is 188 g/mol. The summed E-state index contributed by atoms with van der Waals surface area (Å²) in [5.41, 5.74) is 0.